The number of hydrogen-bond donors (Lipinski definition) is 2. The van der Waals surface area contributed by atoms with E-state index in [1.807, 2.05) is 24.1 Å². The van der Waals surface area contributed by atoms with Gasteiger partial charge in [-0.1, -0.05) is 6.07 Å². The molecule has 1 unspecified atom stereocenters. The molecule has 19 heavy (non-hydrogen) atoms. The largest absolute Gasteiger partial charge is 0.389 e. The number of rotatable bonds is 4. The summed E-state index contributed by atoms with van der Waals surface area (Å²) in [6.07, 6.45) is 2.48. The average molecular weight is 266 g/mol. The molecule has 1 atom stereocenters. The summed E-state index contributed by atoms with van der Waals surface area (Å²) < 4.78 is 5.27. The molecule has 2 rings (SSSR count). The Morgan fingerprint density at radius 1 is 1.42 bits per heavy atom. The Kier molecular flexibility index (Phi) is 4.39. The van der Waals surface area contributed by atoms with Crippen LogP contribution < -0.4 is 4.90 Å². The Labute approximate surface area is 113 Å². The van der Waals surface area contributed by atoms with Gasteiger partial charge in [0, 0.05) is 45.8 Å². The summed E-state index contributed by atoms with van der Waals surface area (Å²) in [4.78, 5) is 6.26. The van der Waals surface area contributed by atoms with E-state index >= 15 is 0 Å². The summed E-state index contributed by atoms with van der Waals surface area (Å²) in [5.41, 5.74) is 0.0966. The molecular weight excluding hydrogens is 244 g/mol. The van der Waals surface area contributed by atoms with Crippen molar-refractivity contribution in [3.8, 4) is 0 Å². The fourth-order valence-corrected chi connectivity index (χ4v) is 2.30. The summed E-state index contributed by atoms with van der Waals surface area (Å²) in [6, 6.07) is 3.72. The van der Waals surface area contributed by atoms with Crippen LogP contribution in [0.15, 0.2) is 18.3 Å². The van der Waals surface area contributed by atoms with Crippen LogP contribution in [0.1, 0.15) is 31.4 Å². The van der Waals surface area contributed by atoms with E-state index in [2.05, 4.69) is 4.98 Å². The highest BCUT2D eigenvalue weighted by Crippen LogP contribution is 2.23. The smallest absolute Gasteiger partial charge is 0.128 e. The van der Waals surface area contributed by atoms with Gasteiger partial charge in [0.1, 0.15) is 5.82 Å². The van der Waals surface area contributed by atoms with Crippen LogP contribution in [0.5, 0.6) is 0 Å². The molecule has 106 valence electrons. The van der Waals surface area contributed by atoms with E-state index in [1.54, 1.807) is 13.1 Å². The lowest BCUT2D eigenvalue weighted by Gasteiger charge is -2.35. The number of aliphatic hydroxyl groups is 2. The second kappa shape index (κ2) is 5.86. The van der Waals surface area contributed by atoms with E-state index in [0.717, 1.165) is 11.4 Å². The van der Waals surface area contributed by atoms with Crippen molar-refractivity contribution in [3.05, 3.63) is 23.9 Å². The molecule has 1 aromatic heterocycles. The Bertz CT molecular complexity index is 400. The number of aromatic nitrogens is 1. The van der Waals surface area contributed by atoms with Crippen molar-refractivity contribution >= 4 is 5.82 Å². The molecule has 1 aromatic rings. The van der Waals surface area contributed by atoms with E-state index in [1.165, 1.54) is 0 Å². The molecular formula is C14H22N2O3. The lowest BCUT2D eigenvalue weighted by atomic mass is 9.94. The molecule has 2 N–H and O–H groups in total. The first-order valence-electron chi connectivity index (χ1n) is 6.65. The van der Waals surface area contributed by atoms with Gasteiger partial charge >= 0.3 is 0 Å². The van der Waals surface area contributed by atoms with E-state index in [9.17, 15) is 10.2 Å². The molecule has 2 heterocycles. The first kappa shape index (κ1) is 14.2. The van der Waals surface area contributed by atoms with Gasteiger partial charge in [-0.05, 0) is 18.6 Å². The van der Waals surface area contributed by atoms with E-state index < -0.39 is 11.7 Å². The molecule has 1 saturated heterocycles. The van der Waals surface area contributed by atoms with Gasteiger partial charge in [-0.2, -0.15) is 0 Å². The zero-order valence-corrected chi connectivity index (χ0v) is 11.5. The molecule has 0 aromatic carbocycles. The lowest BCUT2D eigenvalue weighted by molar-refractivity contribution is -0.0573. The van der Waals surface area contributed by atoms with Gasteiger partial charge < -0.3 is 19.8 Å². The highest BCUT2D eigenvalue weighted by Gasteiger charge is 2.31. The van der Waals surface area contributed by atoms with E-state index in [-0.39, 0.29) is 0 Å². The van der Waals surface area contributed by atoms with Gasteiger partial charge in [-0.25, -0.2) is 4.98 Å². The van der Waals surface area contributed by atoms with Crippen molar-refractivity contribution in [3.63, 3.8) is 0 Å². The minimum atomic E-state index is -0.697. The maximum absolute atomic E-state index is 10.5. The fraction of sp³-hybridized carbons (Fsp3) is 0.643. The second-order valence-corrected chi connectivity index (χ2v) is 5.32. The molecule has 0 aliphatic carbocycles. The van der Waals surface area contributed by atoms with E-state index in [4.69, 9.17) is 4.74 Å². The SMILES string of the molecule is CC(O)c1ccc(N(C)CC2(O)CCOCC2)nc1. The number of ether oxygens (including phenoxy) is 1. The molecule has 1 fully saturated rings. The Morgan fingerprint density at radius 3 is 2.63 bits per heavy atom. The van der Waals surface area contributed by atoms with Crippen LogP contribution >= 0.6 is 0 Å². The number of pyridine rings is 1. The molecule has 0 saturated carbocycles. The number of hydrogen-bond acceptors (Lipinski definition) is 5. The van der Waals surface area contributed by atoms with Crippen molar-refractivity contribution in [1.82, 2.24) is 4.98 Å². The van der Waals surface area contributed by atoms with Crippen LogP contribution in [-0.4, -0.2) is 47.6 Å². The summed E-state index contributed by atoms with van der Waals surface area (Å²) in [7, 11) is 1.91. The van der Waals surface area contributed by atoms with Gasteiger partial charge in [0.25, 0.3) is 0 Å². The maximum Gasteiger partial charge on any atom is 0.128 e. The second-order valence-electron chi connectivity index (χ2n) is 5.32. The maximum atomic E-state index is 10.5. The number of nitrogens with zero attached hydrogens (tertiary/aromatic N) is 2. The lowest BCUT2D eigenvalue weighted by Crippen LogP contribution is -2.46. The molecule has 0 radical (unpaired) electrons. The highest BCUT2D eigenvalue weighted by molar-refractivity contribution is 5.39. The topological polar surface area (TPSA) is 65.8 Å². The van der Waals surface area contributed by atoms with Gasteiger partial charge in [0.2, 0.25) is 0 Å². The number of anilines is 1. The standard InChI is InChI=1S/C14H22N2O3/c1-11(17)12-3-4-13(15-9-12)16(2)10-14(18)5-7-19-8-6-14/h3-4,9,11,17-18H,5-8,10H2,1-2H3. The van der Waals surface area contributed by atoms with Crippen molar-refractivity contribution in [2.24, 2.45) is 0 Å². The van der Waals surface area contributed by atoms with Crippen molar-refractivity contribution in [1.29, 1.82) is 0 Å². The Morgan fingerprint density at radius 2 is 2.11 bits per heavy atom. The van der Waals surface area contributed by atoms with Crippen LogP contribution in [0.4, 0.5) is 5.82 Å². The van der Waals surface area contributed by atoms with Crippen LogP contribution in [0.2, 0.25) is 0 Å². The Hall–Kier alpha value is -1.17. The van der Waals surface area contributed by atoms with Crippen LogP contribution in [0.25, 0.3) is 0 Å². The third kappa shape index (κ3) is 3.65. The van der Waals surface area contributed by atoms with Crippen LogP contribution in [0.3, 0.4) is 0 Å². The quantitative estimate of drug-likeness (QED) is 0.854. The van der Waals surface area contributed by atoms with Crippen molar-refractivity contribution in [2.45, 2.75) is 31.5 Å². The van der Waals surface area contributed by atoms with Gasteiger partial charge in [-0.15, -0.1) is 0 Å². The third-order valence-corrected chi connectivity index (χ3v) is 3.60. The zero-order chi connectivity index (χ0) is 13.9. The highest BCUT2D eigenvalue weighted by atomic mass is 16.5. The molecule has 5 heteroatoms. The van der Waals surface area contributed by atoms with Gasteiger partial charge in [-0.3, -0.25) is 0 Å². The molecule has 1 aliphatic rings. The van der Waals surface area contributed by atoms with Crippen LogP contribution in [-0.2, 0) is 4.74 Å². The summed E-state index contributed by atoms with van der Waals surface area (Å²) in [5.74, 6) is 0.796. The molecule has 0 spiro atoms. The first-order chi connectivity index (χ1) is 9.00. The number of aliphatic hydroxyl groups excluding tert-OH is 1. The minimum absolute atomic E-state index is 0.508. The summed E-state index contributed by atoms with van der Waals surface area (Å²) in [6.45, 7) is 3.47. The molecule has 5 nitrogen and oxygen atoms in total. The van der Waals surface area contributed by atoms with Crippen LogP contribution in [0, 0.1) is 0 Å². The van der Waals surface area contributed by atoms with E-state index in [0.29, 0.717) is 32.6 Å². The minimum Gasteiger partial charge on any atom is -0.389 e. The monoisotopic (exact) mass is 266 g/mol. The molecule has 0 bridgehead atoms. The van der Waals surface area contributed by atoms with Gasteiger partial charge in [0.05, 0.1) is 11.7 Å². The van der Waals surface area contributed by atoms with Crippen molar-refractivity contribution < 1.29 is 14.9 Å². The average Bonchev–Trinajstić information content (AvgIpc) is 2.39. The molecule has 0 amide bonds. The first-order valence-corrected chi connectivity index (χ1v) is 6.65. The summed E-state index contributed by atoms with van der Waals surface area (Å²) >= 11 is 0. The van der Waals surface area contributed by atoms with Crippen molar-refractivity contribution in [2.75, 3.05) is 31.7 Å². The number of likely N-dealkylation sites (N-methyl/N-ethyl adjacent to an activating group) is 1. The van der Waals surface area contributed by atoms with Gasteiger partial charge in [0.15, 0.2) is 0 Å². The normalized spacial score (nSPS) is 20.0. The predicted octanol–water partition coefficient (Wildman–Crippen LogP) is 1.11. The molecule has 1 aliphatic heterocycles. The Balaban J connectivity index is 2.00. The predicted molar refractivity (Wildman–Crippen MR) is 73.1 cm³/mol. The zero-order valence-electron chi connectivity index (χ0n) is 11.5. The third-order valence-electron chi connectivity index (χ3n) is 3.60. The summed E-state index contributed by atoms with van der Waals surface area (Å²) in [5, 5.41) is 19.9. The fourth-order valence-electron chi connectivity index (χ4n) is 2.30.